The predicted octanol–water partition coefficient (Wildman–Crippen LogP) is 3.43. The first-order chi connectivity index (χ1) is 11.4. The highest BCUT2D eigenvalue weighted by Crippen LogP contribution is 2.39. The molecule has 5 heteroatoms. The van der Waals surface area contributed by atoms with Crippen molar-refractivity contribution in [3.05, 3.63) is 47.5 Å². The molecule has 5 nitrogen and oxygen atoms in total. The Balaban J connectivity index is 2.11. The molecule has 1 aromatic carbocycles. The van der Waals surface area contributed by atoms with Crippen LogP contribution in [0.5, 0.6) is 0 Å². The molecule has 24 heavy (non-hydrogen) atoms. The molecule has 2 atom stereocenters. The Kier molecular flexibility index (Phi) is 6.54. The molecule has 1 heterocycles. The number of hydrogen-bond donors (Lipinski definition) is 2. The zero-order chi connectivity index (χ0) is 17.6. The summed E-state index contributed by atoms with van der Waals surface area (Å²) in [5, 5.41) is 18.3. The van der Waals surface area contributed by atoms with E-state index in [4.69, 9.17) is 14.6 Å². The van der Waals surface area contributed by atoms with Crippen molar-refractivity contribution in [2.75, 3.05) is 6.61 Å². The van der Waals surface area contributed by atoms with Gasteiger partial charge in [0, 0.05) is 12.3 Å². The lowest BCUT2D eigenvalue weighted by atomic mass is 9.89. The lowest BCUT2D eigenvalue weighted by Gasteiger charge is -2.41. The van der Waals surface area contributed by atoms with Gasteiger partial charge in [-0.1, -0.05) is 36.4 Å². The van der Waals surface area contributed by atoms with Crippen molar-refractivity contribution < 1.29 is 24.5 Å². The van der Waals surface area contributed by atoms with Crippen LogP contribution in [0.25, 0.3) is 0 Å². The molecule has 0 unspecified atom stereocenters. The van der Waals surface area contributed by atoms with Gasteiger partial charge in [-0.2, -0.15) is 0 Å². The maximum atomic E-state index is 10.5. The van der Waals surface area contributed by atoms with Crippen molar-refractivity contribution in [1.29, 1.82) is 0 Å². The first kappa shape index (κ1) is 18.6. The van der Waals surface area contributed by atoms with E-state index in [1.54, 1.807) is 0 Å². The maximum absolute atomic E-state index is 10.5. The minimum absolute atomic E-state index is 0.0293. The Morgan fingerprint density at radius 3 is 2.79 bits per heavy atom. The van der Waals surface area contributed by atoms with Gasteiger partial charge >= 0.3 is 5.97 Å². The average Bonchev–Trinajstić information content (AvgIpc) is 2.55. The molecule has 0 aliphatic carbocycles. The first-order valence-corrected chi connectivity index (χ1v) is 8.30. The monoisotopic (exact) mass is 334 g/mol. The second kappa shape index (κ2) is 8.42. The Labute approximate surface area is 142 Å². The van der Waals surface area contributed by atoms with Gasteiger partial charge in [-0.15, -0.1) is 0 Å². The van der Waals surface area contributed by atoms with Crippen molar-refractivity contribution in [2.24, 2.45) is 5.92 Å². The lowest BCUT2D eigenvalue weighted by molar-refractivity contribution is -0.295. The summed E-state index contributed by atoms with van der Waals surface area (Å²) in [7, 11) is 0. The molecule has 1 aliphatic heterocycles. The highest BCUT2D eigenvalue weighted by Gasteiger charge is 2.37. The SMILES string of the molecule is CC1(C)OC[C@@H](CC=CCCC(=O)O)[C@@H](c2ccccc2CO)O1. The number of aliphatic hydroxyl groups is 1. The molecule has 1 aliphatic rings. The van der Waals surface area contributed by atoms with Crippen LogP contribution in [0.15, 0.2) is 36.4 Å². The van der Waals surface area contributed by atoms with Crippen LogP contribution in [-0.2, 0) is 20.9 Å². The number of carboxylic acid groups (broad SMARTS) is 1. The van der Waals surface area contributed by atoms with E-state index >= 15 is 0 Å². The fourth-order valence-electron chi connectivity index (χ4n) is 2.89. The molecule has 0 bridgehead atoms. The van der Waals surface area contributed by atoms with Crippen LogP contribution in [0.2, 0.25) is 0 Å². The molecular weight excluding hydrogens is 308 g/mol. The molecular formula is C19H26O5. The summed E-state index contributed by atoms with van der Waals surface area (Å²) in [4.78, 5) is 10.5. The topological polar surface area (TPSA) is 76.0 Å². The molecule has 0 radical (unpaired) electrons. The molecule has 1 fully saturated rings. The number of carboxylic acids is 1. The van der Waals surface area contributed by atoms with E-state index in [0.29, 0.717) is 13.0 Å². The Morgan fingerprint density at radius 1 is 1.33 bits per heavy atom. The van der Waals surface area contributed by atoms with Gasteiger partial charge in [0.1, 0.15) is 0 Å². The number of aliphatic hydroxyl groups excluding tert-OH is 1. The number of ether oxygens (including phenoxy) is 2. The number of hydrogen-bond acceptors (Lipinski definition) is 4. The molecule has 0 aromatic heterocycles. The van der Waals surface area contributed by atoms with Crippen molar-refractivity contribution in [2.45, 2.75) is 51.6 Å². The second-order valence-electron chi connectivity index (χ2n) is 6.51. The van der Waals surface area contributed by atoms with Gasteiger partial charge in [-0.05, 0) is 37.8 Å². The third kappa shape index (κ3) is 5.16. The Morgan fingerprint density at radius 2 is 2.08 bits per heavy atom. The fourth-order valence-corrected chi connectivity index (χ4v) is 2.89. The number of benzene rings is 1. The number of allylic oxidation sites excluding steroid dienone is 2. The van der Waals surface area contributed by atoms with Gasteiger partial charge in [0.15, 0.2) is 5.79 Å². The van der Waals surface area contributed by atoms with E-state index in [-0.39, 0.29) is 25.0 Å². The highest BCUT2D eigenvalue weighted by molar-refractivity contribution is 5.66. The van der Waals surface area contributed by atoms with Gasteiger partial charge in [-0.25, -0.2) is 0 Å². The minimum atomic E-state index is -0.791. The van der Waals surface area contributed by atoms with E-state index in [1.807, 2.05) is 50.3 Å². The second-order valence-corrected chi connectivity index (χ2v) is 6.51. The lowest BCUT2D eigenvalue weighted by Crippen LogP contribution is -2.41. The normalized spacial score (nSPS) is 23.5. The summed E-state index contributed by atoms with van der Waals surface area (Å²) in [6.07, 6.45) is 5.11. The average molecular weight is 334 g/mol. The predicted molar refractivity (Wildman–Crippen MR) is 90.3 cm³/mol. The van der Waals surface area contributed by atoms with Crippen LogP contribution in [0.3, 0.4) is 0 Å². The van der Waals surface area contributed by atoms with Crippen LogP contribution >= 0.6 is 0 Å². The number of carbonyl (C=O) groups is 1. The van der Waals surface area contributed by atoms with Crippen LogP contribution in [0, 0.1) is 5.92 Å². The van der Waals surface area contributed by atoms with Crippen molar-refractivity contribution in [3.8, 4) is 0 Å². The van der Waals surface area contributed by atoms with Gasteiger partial charge in [0.05, 0.1) is 19.3 Å². The van der Waals surface area contributed by atoms with Crippen LogP contribution in [0.1, 0.15) is 50.3 Å². The van der Waals surface area contributed by atoms with Crippen molar-refractivity contribution in [3.63, 3.8) is 0 Å². The summed E-state index contributed by atoms with van der Waals surface area (Å²) in [5.41, 5.74) is 1.85. The summed E-state index contributed by atoms with van der Waals surface area (Å²) >= 11 is 0. The van der Waals surface area contributed by atoms with E-state index in [2.05, 4.69) is 0 Å². The van der Waals surface area contributed by atoms with E-state index < -0.39 is 11.8 Å². The smallest absolute Gasteiger partial charge is 0.303 e. The van der Waals surface area contributed by atoms with Crippen LogP contribution in [0.4, 0.5) is 0 Å². The standard InChI is InChI=1S/C19H26O5/c1-19(2)23-13-15(9-4-3-5-11-17(21)22)18(24-19)16-10-7-6-8-14(16)12-20/h3-4,6-8,10,15,18,20H,5,9,11-13H2,1-2H3,(H,21,22)/t15-,18+/m1/s1. The first-order valence-electron chi connectivity index (χ1n) is 8.30. The summed E-state index contributed by atoms with van der Waals surface area (Å²) in [5.74, 6) is -1.34. The maximum Gasteiger partial charge on any atom is 0.303 e. The summed E-state index contributed by atoms with van der Waals surface area (Å²) in [6, 6.07) is 7.74. The Bertz CT molecular complexity index is 579. The third-order valence-corrected chi connectivity index (χ3v) is 4.15. The quantitative estimate of drug-likeness (QED) is 0.747. The fraction of sp³-hybridized carbons (Fsp3) is 0.526. The number of rotatable bonds is 7. The zero-order valence-corrected chi connectivity index (χ0v) is 14.3. The van der Waals surface area contributed by atoms with Gasteiger partial charge in [-0.3, -0.25) is 4.79 Å². The van der Waals surface area contributed by atoms with Gasteiger partial charge < -0.3 is 19.7 Å². The molecule has 0 spiro atoms. The van der Waals surface area contributed by atoms with Crippen LogP contribution < -0.4 is 0 Å². The summed E-state index contributed by atoms with van der Waals surface area (Å²) < 4.78 is 11.9. The van der Waals surface area contributed by atoms with Crippen molar-refractivity contribution in [1.82, 2.24) is 0 Å². The molecule has 132 valence electrons. The van der Waals surface area contributed by atoms with Gasteiger partial charge in [0.2, 0.25) is 0 Å². The van der Waals surface area contributed by atoms with Crippen molar-refractivity contribution >= 4 is 5.97 Å². The third-order valence-electron chi connectivity index (χ3n) is 4.15. The van der Waals surface area contributed by atoms with E-state index in [0.717, 1.165) is 17.5 Å². The zero-order valence-electron chi connectivity index (χ0n) is 14.3. The van der Waals surface area contributed by atoms with E-state index in [1.165, 1.54) is 0 Å². The molecule has 1 aromatic rings. The molecule has 0 saturated carbocycles. The Hall–Kier alpha value is -1.69. The molecule has 1 saturated heterocycles. The van der Waals surface area contributed by atoms with Crippen LogP contribution in [-0.4, -0.2) is 28.6 Å². The van der Waals surface area contributed by atoms with E-state index in [9.17, 15) is 9.90 Å². The van der Waals surface area contributed by atoms with Gasteiger partial charge in [0.25, 0.3) is 0 Å². The highest BCUT2D eigenvalue weighted by atomic mass is 16.7. The minimum Gasteiger partial charge on any atom is -0.481 e. The molecule has 0 amide bonds. The summed E-state index contributed by atoms with van der Waals surface area (Å²) in [6.45, 7) is 4.31. The molecule has 2 N–H and O–H groups in total. The molecule has 2 rings (SSSR count). The number of aliphatic carboxylic acids is 1. The largest absolute Gasteiger partial charge is 0.481 e.